The quantitative estimate of drug-likeness (QED) is 0.716. The van der Waals surface area contributed by atoms with Crippen molar-refractivity contribution in [3.63, 3.8) is 0 Å². The van der Waals surface area contributed by atoms with Crippen LogP contribution >= 0.6 is 0 Å². The highest BCUT2D eigenvalue weighted by atomic mass is 19.1. The van der Waals surface area contributed by atoms with Gasteiger partial charge in [0.25, 0.3) is 0 Å². The van der Waals surface area contributed by atoms with Crippen LogP contribution < -0.4 is 4.90 Å². The molecule has 72 valence electrons. The molecule has 0 aliphatic carbocycles. The summed E-state index contributed by atoms with van der Waals surface area (Å²) in [5, 5.41) is 0. The molecule has 0 bridgehead atoms. The van der Waals surface area contributed by atoms with Gasteiger partial charge in [-0.25, -0.2) is 0 Å². The highest BCUT2D eigenvalue weighted by Crippen LogP contribution is 2.11. The maximum atomic E-state index is 12.7. The van der Waals surface area contributed by atoms with Crippen molar-refractivity contribution >= 4 is 5.82 Å². The van der Waals surface area contributed by atoms with Crippen molar-refractivity contribution in [1.29, 1.82) is 0 Å². The van der Waals surface area contributed by atoms with Crippen LogP contribution in [-0.2, 0) is 0 Å². The number of halogens is 1. The molecule has 0 aliphatic heterocycles. The molecule has 0 atom stereocenters. The van der Waals surface area contributed by atoms with Crippen LogP contribution in [0.15, 0.2) is 12.4 Å². The van der Waals surface area contributed by atoms with Crippen molar-refractivity contribution in [3.8, 4) is 0 Å². The molecule has 0 radical (unpaired) electrons. The molecular formula is C9H14FN3. The van der Waals surface area contributed by atoms with Crippen molar-refractivity contribution in [3.05, 3.63) is 18.3 Å². The van der Waals surface area contributed by atoms with Gasteiger partial charge in [0.15, 0.2) is 5.82 Å². The Kier molecular flexibility index (Phi) is 3.17. The second-order valence-corrected chi connectivity index (χ2v) is 3.08. The van der Waals surface area contributed by atoms with Crippen molar-refractivity contribution in [2.45, 2.75) is 26.8 Å². The van der Waals surface area contributed by atoms with Crippen LogP contribution in [0.3, 0.4) is 0 Å². The molecule has 1 aromatic rings. The average Bonchev–Trinajstić information content (AvgIpc) is 2.04. The number of aromatic nitrogens is 2. The van der Waals surface area contributed by atoms with Gasteiger partial charge in [0.05, 0.1) is 12.4 Å². The number of rotatable bonds is 3. The molecule has 0 saturated heterocycles. The van der Waals surface area contributed by atoms with Crippen molar-refractivity contribution in [2.24, 2.45) is 0 Å². The predicted molar refractivity (Wildman–Crippen MR) is 50.1 cm³/mol. The highest BCUT2D eigenvalue weighted by Gasteiger charge is 2.10. The first-order valence-corrected chi connectivity index (χ1v) is 4.39. The van der Waals surface area contributed by atoms with Crippen LogP contribution in [-0.4, -0.2) is 22.6 Å². The maximum Gasteiger partial charge on any atom is 0.233 e. The van der Waals surface area contributed by atoms with E-state index in [9.17, 15) is 4.39 Å². The maximum absolute atomic E-state index is 12.7. The first-order chi connectivity index (χ1) is 6.15. The first-order valence-electron chi connectivity index (χ1n) is 4.39. The molecule has 0 aliphatic rings. The second-order valence-electron chi connectivity index (χ2n) is 3.08. The SMILES string of the molecule is CCN(c1cncc(F)n1)C(C)C. The minimum Gasteiger partial charge on any atom is -0.353 e. The van der Waals surface area contributed by atoms with Gasteiger partial charge < -0.3 is 4.90 Å². The lowest BCUT2D eigenvalue weighted by atomic mass is 10.3. The zero-order chi connectivity index (χ0) is 9.84. The van der Waals surface area contributed by atoms with Gasteiger partial charge in [0.2, 0.25) is 5.95 Å². The summed E-state index contributed by atoms with van der Waals surface area (Å²) < 4.78 is 12.7. The molecule has 3 nitrogen and oxygen atoms in total. The van der Waals surface area contributed by atoms with Crippen LogP contribution in [0.1, 0.15) is 20.8 Å². The van der Waals surface area contributed by atoms with Gasteiger partial charge in [-0.1, -0.05) is 0 Å². The van der Waals surface area contributed by atoms with Crippen molar-refractivity contribution in [1.82, 2.24) is 9.97 Å². The lowest BCUT2D eigenvalue weighted by Gasteiger charge is -2.25. The van der Waals surface area contributed by atoms with Gasteiger partial charge in [-0.2, -0.15) is 9.37 Å². The zero-order valence-corrected chi connectivity index (χ0v) is 8.16. The van der Waals surface area contributed by atoms with E-state index >= 15 is 0 Å². The summed E-state index contributed by atoms with van der Waals surface area (Å²) in [7, 11) is 0. The van der Waals surface area contributed by atoms with Crippen LogP contribution in [0, 0.1) is 5.95 Å². The Balaban J connectivity index is 2.91. The molecule has 0 saturated carbocycles. The van der Waals surface area contributed by atoms with Gasteiger partial charge >= 0.3 is 0 Å². The van der Waals surface area contributed by atoms with E-state index in [-0.39, 0.29) is 0 Å². The first kappa shape index (κ1) is 9.89. The molecule has 4 heteroatoms. The summed E-state index contributed by atoms with van der Waals surface area (Å²) in [6, 6.07) is 0.307. The largest absolute Gasteiger partial charge is 0.353 e. The molecule has 1 rings (SSSR count). The summed E-state index contributed by atoms with van der Waals surface area (Å²) in [5.74, 6) is 0.0640. The molecule has 0 amide bonds. The number of nitrogens with zero attached hydrogens (tertiary/aromatic N) is 3. The van der Waals surface area contributed by atoms with Gasteiger partial charge in [-0.15, -0.1) is 0 Å². The molecular weight excluding hydrogens is 169 g/mol. The normalized spacial score (nSPS) is 10.5. The van der Waals surface area contributed by atoms with E-state index < -0.39 is 5.95 Å². The molecule has 0 N–H and O–H groups in total. The van der Waals surface area contributed by atoms with E-state index in [0.717, 1.165) is 12.7 Å². The Labute approximate surface area is 77.6 Å². The van der Waals surface area contributed by atoms with E-state index in [2.05, 4.69) is 9.97 Å². The zero-order valence-electron chi connectivity index (χ0n) is 8.16. The van der Waals surface area contributed by atoms with E-state index in [0.29, 0.717) is 11.9 Å². The fourth-order valence-electron chi connectivity index (χ4n) is 1.26. The minimum atomic E-state index is -0.531. The lowest BCUT2D eigenvalue weighted by molar-refractivity contribution is 0.569. The standard InChI is InChI=1S/C9H14FN3/c1-4-13(7(2)3)9-6-11-5-8(10)12-9/h5-7H,4H2,1-3H3. The highest BCUT2D eigenvalue weighted by molar-refractivity contribution is 5.35. The smallest absolute Gasteiger partial charge is 0.233 e. The summed E-state index contributed by atoms with van der Waals surface area (Å²) in [4.78, 5) is 9.50. The monoisotopic (exact) mass is 183 g/mol. The number of hydrogen-bond acceptors (Lipinski definition) is 3. The van der Waals surface area contributed by atoms with Gasteiger partial charge in [-0.3, -0.25) is 4.98 Å². The summed E-state index contributed by atoms with van der Waals surface area (Å²) >= 11 is 0. The molecule has 0 aromatic carbocycles. The topological polar surface area (TPSA) is 29.0 Å². The minimum absolute atomic E-state index is 0.307. The molecule has 13 heavy (non-hydrogen) atoms. The fraction of sp³-hybridized carbons (Fsp3) is 0.556. The second kappa shape index (κ2) is 4.16. The number of anilines is 1. The fourth-order valence-corrected chi connectivity index (χ4v) is 1.26. The Hall–Kier alpha value is -1.19. The van der Waals surface area contributed by atoms with Gasteiger partial charge in [-0.05, 0) is 20.8 Å². The molecule has 1 aromatic heterocycles. The van der Waals surface area contributed by atoms with Gasteiger partial charge in [0, 0.05) is 12.6 Å². The summed E-state index contributed by atoms with van der Waals surface area (Å²) in [6.45, 7) is 6.88. The van der Waals surface area contributed by atoms with Gasteiger partial charge in [0.1, 0.15) is 0 Å². The number of hydrogen-bond donors (Lipinski definition) is 0. The van der Waals surface area contributed by atoms with E-state index in [1.807, 2.05) is 25.7 Å². The Morgan fingerprint density at radius 2 is 2.15 bits per heavy atom. The Morgan fingerprint density at radius 3 is 2.62 bits per heavy atom. The lowest BCUT2D eigenvalue weighted by Crippen LogP contribution is -2.31. The Morgan fingerprint density at radius 1 is 1.46 bits per heavy atom. The summed E-state index contributed by atoms with van der Waals surface area (Å²) in [6.07, 6.45) is 2.68. The van der Waals surface area contributed by atoms with E-state index in [1.54, 1.807) is 6.20 Å². The molecule has 0 unspecified atom stereocenters. The third-order valence-electron chi connectivity index (χ3n) is 1.85. The van der Waals surface area contributed by atoms with Crippen molar-refractivity contribution in [2.75, 3.05) is 11.4 Å². The molecule has 1 heterocycles. The third-order valence-corrected chi connectivity index (χ3v) is 1.85. The molecule has 0 fully saturated rings. The van der Waals surface area contributed by atoms with Crippen molar-refractivity contribution < 1.29 is 4.39 Å². The van der Waals surface area contributed by atoms with Crippen LogP contribution in [0.4, 0.5) is 10.2 Å². The Bertz CT molecular complexity index is 275. The van der Waals surface area contributed by atoms with Crippen LogP contribution in [0.5, 0.6) is 0 Å². The van der Waals surface area contributed by atoms with Crippen LogP contribution in [0.2, 0.25) is 0 Å². The predicted octanol–water partition coefficient (Wildman–Crippen LogP) is 1.85. The molecule has 0 spiro atoms. The summed E-state index contributed by atoms with van der Waals surface area (Å²) in [5.41, 5.74) is 0. The van der Waals surface area contributed by atoms with Crippen LogP contribution in [0.25, 0.3) is 0 Å². The third kappa shape index (κ3) is 2.37. The van der Waals surface area contributed by atoms with E-state index in [4.69, 9.17) is 0 Å². The average molecular weight is 183 g/mol. The van der Waals surface area contributed by atoms with E-state index in [1.165, 1.54) is 0 Å².